The Hall–Kier alpha value is -2.05. The van der Waals surface area contributed by atoms with Gasteiger partial charge in [0.25, 0.3) is 0 Å². The molecule has 0 amide bonds. The molecule has 0 spiro atoms. The highest BCUT2D eigenvalue weighted by atomic mass is 19.1. The number of halogens is 1. The minimum absolute atomic E-state index is 0.00282. The van der Waals surface area contributed by atoms with Crippen molar-refractivity contribution >= 4 is 7.12 Å². The Morgan fingerprint density at radius 1 is 1.21 bits per heavy atom. The van der Waals surface area contributed by atoms with Crippen molar-refractivity contribution in [2.75, 3.05) is 27.0 Å². The van der Waals surface area contributed by atoms with Gasteiger partial charge in [0, 0.05) is 12.5 Å². The van der Waals surface area contributed by atoms with Crippen LogP contribution < -0.4 is 9.47 Å². The van der Waals surface area contributed by atoms with Gasteiger partial charge in [-0.1, -0.05) is 30.3 Å². The normalized spacial score (nSPS) is 17.1. The third-order valence-electron chi connectivity index (χ3n) is 4.17. The van der Waals surface area contributed by atoms with Crippen molar-refractivity contribution in [3.8, 4) is 22.6 Å². The van der Waals surface area contributed by atoms with Gasteiger partial charge < -0.3 is 19.2 Å². The van der Waals surface area contributed by atoms with Crippen molar-refractivity contribution in [1.82, 2.24) is 0 Å². The molecule has 1 saturated heterocycles. The molecular formula is C18H20BFO4. The van der Waals surface area contributed by atoms with E-state index in [-0.39, 0.29) is 12.5 Å². The first-order valence-electron chi connectivity index (χ1n) is 7.98. The largest absolute Gasteiger partial charge is 0.493 e. The molecule has 1 heterocycles. The van der Waals surface area contributed by atoms with Crippen LogP contribution in [0.5, 0.6) is 11.5 Å². The summed E-state index contributed by atoms with van der Waals surface area (Å²) < 4.78 is 28.3. The van der Waals surface area contributed by atoms with E-state index in [1.807, 2.05) is 36.4 Å². The van der Waals surface area contributed by atoms with Crippen LogP contribution in [0.1, 0.15) is 11.5 Å². The van der Waals surface area contributed by atoms with Crippen LogP contribution >= 0.6 is 0 Å². The second-order valence-electron chi connectivity index (χ2n) is 5.75. The molecule has 0 unspecified atom stereocenters. The van der Waals surface area contributed by atoms with E-state index in [9.17, 15) is 9.41 Å². The van der Waals surface area contributed by atoms with Gasteiger partial charge in [0.15, 0.2) is 11.5 Å². The molecule has 0 radical (unpaired) electrons. The zero-order valence-electron chi connectivity index (χ0n) is 13.6. The Morgan fingerprint density at radius 2 is 2.04 bits per heavy atom. The summed E-state index contributed by atoms with van der Waals surface area (Å²) in [5.41, 5.74) is 3.12. The Kier molecular flexibility index (Phi) is 5.38. The molecule has 24 heavy (non-hydrogen) atoms. The molecule has 0 aliphatic carbocycles. The third kappa shape index (κ3) is 3.71. The summed E-state index contributed by atoms with van der Waals surface area (Å²) in [5.74, 6) is 1.30. The standard InChI is InChI=1S/C18H20BFO4/c1-22-17-6-5-15(10-18(17)23-8-7-20)13-3-2-4-14(9-13)16-11-19(21)24-12-16/h2-6,9-10,16,21H,7-8,11-12H2,1H3/t16-/m1/s1. The molecule has 2 aromatic rings. The smallest absolute Gasteiger partial charge is 0.454 e. The average molecular weight is 330 g/mol. The molecule has 0 bridgehead atoms. The SMILES string of the molecule is COc1ccc(-c2cccc([C@H]3COB(O)C3)c2)cc1OCCF. The molecule has 1 atom stereocenters. The highest BCUT2D eigenvalue weighted by Gasteiger charge is 2.29. The van der Waals surface area contributed by atoms with Crippen LogP contribution in [0, 0.1) is 0 Å². The Morgan fingerprint density at radius 3 is 2.75 bits per heavy atom. The lowest BCUT2D eigenvalue weighted by atomic mass is 9.79. The highest BCUT2D eigenvalue weighted by molar-refractivity contribution is 6.43. The van der Waals surface area contributed by atoms with Crippen LogP contribution in [-0.2, 0) is 4.65 Å². The van der Waals surface area contributed by atoms with Crippen LogP contribution in [0.3, 0.4) is 0 Å². The van der Waals surface area contributed by atoms with Crippen LogP contribution in [0.4, 0.5) is 4.39 Å². The van der Waals surface area contributed by atoms with Gasteiger partial charge in [-0.25, -0.2) is 4.39 Å². The molecule has 0 saturated carbocycles. The Bertz CT molecular complexity index is 694. The van der Waals surface area contributed by atoms with Crippen LogP contribution in [-0.4, -0.2) is 39.1 Å². The first kappa shape index (κ1) is 16.8. The minimum Gasteiger partial charge on any atom is -0.493 e. The average Bonchev–Trinajstić information content (AvgIpc) is 3.06. The molecule has 2 aromatic carbocycles. The zero-order valence-corrected chi connectivity index (χ0v) is 13.6. The number of methoxy groups -OCH3 is 1. The summed E-state index contributed by atoms with van der Waals surface area (Å²) >= 11 is 0. The molecule has 1 aliphatic rings. The molecule has 1 N–H and O–H groups in total. The molecule has 6 heteroatoms. The lowest BCUT2D eigenvalue weighted by Crippen LogP contribution is -2.07. The maximum atomic E-state index is 12.4. The fourth-order valence-electron chi connectivity index (χ4n) is 2.93. The van der Waals surface area contributed by atoms with Crippen LogP contribution in [0.2, 0.25) is 6.32 Å². The van der Waals surface area contributed by atoms with Crippen LogP contribution in [0.15, 0.2) is 42.5 Å². The quantitative estimate of drug-likeness (QED) is 0.826. The summed E-state index contributed by atoms with van der Waals surface area (Å²) in [5, 5.41) is 9.54. The van der Waals surface area contributed by atoms with E-state index in [1.165, 1.54) is 0 Å². The maximum Gasteiger partial charge on any atom is 0.454 e. The third-order valence-corrected chi connectivity index (χ3v) is 4.17. The summed E-state index contributed by atoms with van der Waals surface area (Å²) in [7, 11) is 0.879. The zero-order chi connectivity index (χ0) is 16.9. The second kappa shape index (κ2) is 7.68. The van der Waals surface area contributed by atoms with Crippen molar-refractivity contribution in [3.05, 3.63) is 48.0 Å². The van der Waals surface area contributed by atoms with Gasteiger partial charge in [0.2, 0.25) is 0 Å². The van der Waals surface area contributed by atoms with Crippen LogP contribution in [0.25, 0.3) is 11.1 Å². The summed E-state index contributed by atoms with van der Waals surface area (Å²) in [4.78, 5) is 0. The monoisotopic (exact) mass is 330 g/mol. The number of ether oxygens (including phenoxy) is 2. The van der Waals surface area contributed by atoms with Gasteiger partial charge in [-0.15, -0.1) is 0 Å². The van der Waals surface area contributed by atoms with Gasteiger partial charge in [-0.3, -0.25) is 0 Å². The van der Waals surface area contributed by atoms with E-state index >= 15 is 0 Å². The fraction of sp³-hybridized carbons (Fsp3) is 0.333. The van der Waals surface area contributed by atoms with Gasteiger partial charge in [0.05, 0.1) is 7.11 Å². The topological polar surface area (TPSA) is 47.9 Å². The van der Waals surface area contributed by atoms with E-state index in [0.717, 1.165) is 16.7 Å². The van der Waals surface area contributed by atoms with Crippen molar-refractivity contribution in [2.24, 2.45) is 0 Å². The summed E-state index contributed by atoms with van der Waals surface area (Å²) in [6.45, 7) is -0.0257. The molecule has 1 fully saturated rings. The maximum absolute atomic E-state index is 12.4. The number of alkyl halides is 1. The first-order valence-corrected chi connectivity index (χ1v) is 7.98. The van der Waals surface area contributed by atoms with Gasteiger partial charge in [0.1, 0.15) is 13.3 Å². The van der Waals surface area contributed by atoms with Gasteiger partial charge in [-0.2, -0.15) is 0 Å². The number of rotatable bonds is 6. The molecule has 1 aliphatic heterocycles. The number of benzene rings is 2. The lowest BCUT2D eigenvalue weighted by Gasteiger charge is -2.13. The molecule has 126 valence electrons. The predicted molar refractivity (Wildman–Crippen MR) is 91.4 cm³/mol. The van der Waals surface area contributed by atoms with Crippen molar-refractivity contribution in [3.63, 3.8) is 0 Å². The summed E-state index contributed by atoms with van der Waals surface area (Å²) in [6, 6.07) is 13.7. The number of hydrogen-bond donors (Lipinski definition) is 1. The molecule has 4 nitrogen and oxygen atoms in total. The Labute approximate surface area is 141 Å². The Balaban J connectivity index is 1.88. The van der Waals surface area contributed by atoms with E-state index in [1.54, 1.807) is 7.11 Å². The molecule has 3 rings (SSSR count). The van der Waals surface area contributed by atoms with Crippen molar-refractivity contribution in [1.29, 1.82) is 0 Å². The van der Waals surface area contributed by atoms with E-state index < -0.39 is 13.8 Å². The molecule has 0 aromatic heterocycles. The van der Waals surface area contributed by atoms with Gasteiger partial charge in [-0.05, 0) is 35.1 Å². The second-order valence-corrected chi connectivity index (χ2v) is 5.75. The fourth-order valence-corrected chi connectivity index (χ4v) is 2.93. The van der Waals surface area contributed by atoms with Gasteiger partial charge >= 0.3 is 7.12 Å². The first-order chi connectivity index (χ1) is 11.7. The van der Waals surface area contributed by atoms with E-state index in [0.29, 0.717) is 24.4 Å². The van der Waals surface area contributed by atoms with Crippen molar-refractivity contribution < 1.29 is 23.5 Å². The molecular weight excluding hydrogens is 310 g/mol. The van der Waals surface area contributed by atoms with E-state index in [2.05, 4.69) is 6.07 Å². The van der Waals surface area contributed by atoms with Crippen molar-refractivity contribution in [2.45, 2.75) is 12.2 Å². The van der Waals surface area contributed by atoms with E-state index in [4.69, 9.17) is 14.1 Å². The minimum atomic E-state index is -0.680. The highest BCUT2D eigenvalue weighted by Crippen LogP contribution is 2.35. The lowest BCUT2D eigenvalue weighted by molar-refractivity contribution is 0.260. The summed E-state index contributed by atoms with van der Waals surface area (Å²) in [6.07, 6.45) is 0.608. The predicted octanol–water partition coefficient (Wildman–Crippen LogP) is 3.30. The number of hydrogen-bond acceptors (Lipinski definition) is 4.